The maximum atomic E-state index is 13.6. The highest BCUT2D eigenvalue weighted by Gasteiger charge is 2.34. The van der Waals surface area contributed by atoms with Gasteiger partial charge in [0, 0.05) is 24.5 Å². The SMILES string of the molecule is CC(C)CN1C(=O)CSC1c1cnccc1-c1cc(F)c(F)c(F)c1. The molecule has 0 saturated carbocycles. The fourth-order valence-electron chi connectivity index (χ4n) is 2.88. The molecule has 1 saturated heterocycles. The number of nitrogens with zero attached hydrogens (tertiary/aromatic N) is 2. The molecule has 0 spiro atoms. The molecule has 132 valence electrons. The first-order valence-corrected chi connectivity index (χ1v) is 8.93. The number of hydrogen-bond donors (Lipinski definition) is 0. The van der Waals surface area contributed by atoms with E-state index in [9.17, 15) is 18.0 Å². The molecule has 1 aromatic carbocycles. The lowest BCUT2D eigenvalue weighted by Crippen LogP contribution is -2.32. The summed E-state index contributed by atoms with van der Waals surface area (Å²) < 4.78 is 40.6. The first-order chi connectivity index (χ1) is 11.9. The molecule has 1 aliphatic rings. The van der Waals surface area contributed by atoms with Crippen molar-refractivity contribution in [2.45, 2.75) is 19.2 Å². The summed E-state index contributed by atoms with van der Waals surface area (Å²) in [6.45, 7) is 4.61. The highest BCUT2D eigenvalue weighted by atomic mass is 32.2. The molecule has 0 N–H and O–H groups in total. The third-order valence-corrected chi connectivity index (χ3v) is 5.18. The van der Waals surface area contributed by atoms with E-state index in [1.165, 1.54) is 18.0 Å². The number of aromatic nitrogens is 1. The van der Waals surface area contributed by atoms with Gasteiger partial charge >= 0.3 is 0 Å². The Balaban J connectivity index is 2.06. The van der Waals surface area contributed by atoms with E-state index >= 15 is 0 Å². The second kappa shape index (κ2) is 7.07. The van der Waals surface area contributed by atoms with Crippen LogP contribution < -0.4 is 0 Å². The van der Waals surface area contributed by atoms with E-state index < -0.39 is 17.5 Å². The van der Waals surface area contributed by atoms with Gasteiger partial charge in [0.05, 0.1) is 5.75 Å². The first-order valence-electron chi connectivity index (χ1n) is 7.88. The van der Waals surface area contributed by atoms with E-state index in [1.807, 2.05) is 13.8 Å². The van der Waals surface area contributed by atoms with E-state index in [2.05, 4.69) is 4.98 Å². The number of benzene rings is 1. The van der Waals surface area contributed by atoms with Gasteiger partial charge in [-0.2, -0.15) is 0 Å². The normalized spacial score (nSPS) is 17.6. The molecular formula is C18H17F3N2OS. The van der Waals surface area contributed by atoms with Gasteiger partial charge in [-0.25, -0.2) is 13.2 Å². The Morgan fingerprint density at radius 1 is 1.28 bits per heavy atom. The Kier molecular flexibility index (Phi) is 5.03. The minimum atomic E-state index is -1.49. The summed E-state index contributed by atoms with van der Waals surface area (Å²) in [5.41, 5.74) is 1.44. The molecule has 25 heavy (non-hydrogen) atoms. The lowest BCUT2D eigenvalue weighted by Gasteiger charge is -2.27. The summed E-state index contributed by atoms with van der Waals surface area (Å²) in [6, 6.07) is 3.55. The smallest absolute Gasteiger partial charge is 0.233 e. The zero-order chi connectivity index (χ0) is 18.1. The summed E-state index contributed by atoms with van der Waals surface area (Å²) in [6.07, 6.45) is 3.10. The fraction of sp³-hybridized carbons (Fsp3) is 0.333. The Labute approximate surface area is 148 Å². The minimum Gasteiger partial charge on any atom is -0.325 e. The largest absolute Gasteiger partial charge is 0.325 e. The number of pyridine rings is 1. The first kappa shape index (κ1) is 17.8. The number of thioether (sulfide) groups is 1. The van der Waals surface area contributed by atoms with Crippen molar-refractivity contribution >= 4 is 17.7 Å². The molecule has 2 heterocycles. The van der Waals surface area contributed by atoms with Gasteiger partial charge in [0.25, 0.3) is 0 Å². The Morgan fingerprint density at radius 2 is 1.96 bits per heavy atom. The van der Waals surface area contributed by atoms with Gasteiger partial charge in [-0.3, -0.25) is 9.78 Å². The second-order valence-corrected chi connectivity index (χ2v) is 7.39. The van der Waals surface area contributed by atoms with Crippen molar-refractivity contribution in [1.82, 2.24) is 9.88 Å². The molecule has 1 atom stereocenters. The van der Waals surface area contributed by atoms with E-state index in [0.717, 1.165) is 12.1 Å². The van der Waals surface area contributed by atoms with Crippen molar-refractivity contribution in [2.75, 3.05) is 12.3 Å². The predicted molar refractivity (Wildman–Crippen MR) is 91.3 cm³/mol. The Hall–Kier alpha value is -2.02. The molecule has 1 unspecified atom stereocenters. The Bertz CT molecular complexity index is 790. The van der Waals surface area contributed by atoms with Crippen LogP contribution in [0.3, 0.4) is 0 Å². The number of hydrogen-bond acceptors (Lipinski definition) is 3. The van der Waals surface area contributed by atoms with Gasteiger partial charge in [-0.1, -0.05) is 13.8 Å². The molecule has 0 bridgehead atoms. The quantitative estimate of drug-likeness (QED) is 0.752. The van der Waals surface area contributed by atoms with Crippen molar-refractivity contribution in [3.05, 3.63) is 53.6 Å². The van der Waals surface area contributed by atoms with Gasteiger partial charge in [-0.15, -0.1) is 11.8 Å². The summed E-state index contributed by atoms with van der Waals surface area (Å²) >= 11 is 1.45. The van der Waals surface area contributed by atoms with Crippen LogP contribution in [0.5, 0.6) is 0 Å². The van der Waals surface area contributed by atoms with Gasteiger partial charge in [0.2, 0.25) is 5.91 Å². The zero-order valence-electron chi connectivity index (χ0n) is 13.8. The molecule has 0 radical (unpaired) electrons. The van der Waals surface area contributed by atoms with Crippen LogP contribution in [0.2, 0.25) is 0 Å². The van der Waals surface area contributed by atoms with Crippen LogP contribution >= 0.6 is 11.8 Å². The summed E-state index contributed by atoms with van der Waals surface area (Å²) in [5, 5.41) is -0.283. The molecule has 1 aliphatic heterocycles. The summed E-state index contributed by atoms with van der Waals surface area (Å²) in [5.74, 6) is -3.33. The molecular weight excluding hydrogens is 349 g/mol. The maximum absolute atomic E-state index is 13.6. The number of halogens is 3. The average molecular weight is 366 g/mol. The second-order valence-electron chi connectivity index (χ2n) is 6.32. The molecule has 0 aliphatic carbocycles. The van der Waals surface area contributed by atoms with Crippen molar-refractivity contribution in [3.8, 4) is 11.1 Å². The topological polar surface area (TPSA) is 33.2 Å². The number of carbonyl (C=O) groups excluding carboxylic acids is 1. The van der Waals surface area contributed by atoms with Crippen LogP contribution in [0.25, 0.3) is 11.1 Å². The van der Waals surface area contributed by atoms with Crippen molar-refractivity contribution in [1.29, 1.82) is 0 Å². The average Bonchev–Trinajstić information content (AvgIpc) is 2.92. The summed E-state index contributed by atoms with van der Waals surface area (Å²) in [4.78, 5) is 18.1. The molecule has 1 fully saturated rings. The van der Waals surface area contributed by atoms with Crippen LogP contribution in [0.1, 0.15) is 24.8 Å². The van der Waals surface area contributed by atoms with Gasteiger partial charge in [0.1, 0.15) is 5.37 Å². The van der Waals surface area contributed by atoms with Crippen LogP contribution in [-0.4, -0.2) is 28.1 Å². The molecule has 1 aromatic heterocycles. The minimum absolute atomic E-state index is 0.0231. The third-order valence-electron chi connectivity index (χ3n) is 3.94. The molecule has 1 amide bonds. The number of rotatable bonds is 4. The standard InChI is InChI=1S/C18H17F3N2OS/c1-10(2)8-23-16(24)9-25-18(23)13-7-22-4-3-12(13)11-5-14(19)17(21)15(20)6-11/h3-7,10,18H,8-9H2,1-2H3. The lowest BCUT2D eigenvalue weighted by atomic mass is 10.0. The van der Waals surface area contributed by atoms with Gasteiger partial charge in [0.15, 0.2) is 17.5 Å². The van der Waals surface area contributed by atoms with Gasteiger partial charge < -0.3 is 4.90 Å². The van der Waals surface area contributed by atoms with E-state index in [1.54, 1.807) is 17.2 Å². The predicted octanol–water partition coefficient (Wildman–Crippen LogP) is 4.40. The van der Waals surface area contributed by atoms with Crippen LogP contribution in [0.4, 0.5) is 13.2 Å². The van der Waals surface area contributed by atoms with Crippen LogP contribution in [0.15, 0.2) is 30.6 Å². The maximum Gasteiger partial charge on any atom is 0.233 e. The van der Waals surface area contributed by atoms with E-state index in [-0.39, 0.29) is 22.8 Å². The molecule has 7 heteroatoms. The highest BCUT2D eigenvalue weighted by Crippen LogP contribution is 2.42. The van der Waals surface area contributed by atoms with E-state index in [4.69, 9.17) is 0 Å². The van der Waals surface area contributed by atoms with Crippen LogP contribution in [-0.2, 0) is 4.79 Å². The van der Waals surface area contributed by atoms with Crippen molar-refractivity contribution in [2.24, 2.45) is 5.92 Å². The van der Waals surface area contributed by atoms with Gasteiger partial charge in [-0.05, 0) is 35.2 Å². The van der Waals surface area contributed by atoms with Crippen LogP contribution in [0, 0.1) is 23.4 Å². The fourth-order valence-corrected chi connectivity index (χ4v) is 4.10. The molecule has 2 aromatic rings. The third kappa shape index (κ3) is 3.51. The lowest BCUT2D eigenvalue weighted by molar-refractivity contribution is -0.128. The summed E-state index contributed by atoms with van der Waals surface area (Å²) in [7, 11) is 0. The molecule has 3 rings (SSSR count). The monoisotopic (exact) mass is 366 g/mol. The van der Waals surface area contributed by atoms with Crippen molar-refractivity contribution in [3.63, 3.8) is 0 Å². The number of amides is 1. The van der Waals surface area contributed by atoms with E-state index in [0.29, 0.717) is 23.4 Å². The number of carbonyl (C=O) groups is 1. The Morgan fingerprint density at radius 3 is 2.60 bits per heavy atom. The van der Waals surface area contributed by atoms with Crippen molar-refractivity contribution < 1.29 is 18.0 Å². The highest BCUT2D eigenvalue weighted by molar-refractivity contribution is 8.00. The zero-order valence-corrected chi connectivity index (χ0v) is 14.6. The molecule has 3 nitrogen and oxygen atoms in total.